The summed E-state index contributed by atoms with van der Waals surface area (Å²) in [4.78, 5) is 28.2. The summed E-state index contributed by atoms with van der Waals surface area (Å²) in [7, 11) is 0. The van der Waals surface area contributed by atoms with Gasteiger partial charge in [-0.15, -0.1) is 0 Å². The number of aromatic nitrogens is 2. The van der Waals surface area contributed by atoms with Gasteiger partial charge in [0.15, 0.2) is 0 Å². The SMILES string of the molecule is O=C([O-])c1cccc(C(=O)[O-])n1.[Pd+2].c1ccc2nc3ccccc3cc2c1. The van der Waals surface area contributed by atoms with E-state index in [2.05, 4.69) is 28.2 Å². The summed E-state index contributed by atoms with van der Waals surface area (Å²) in [5.74, 6) is -3.03. The zero-order chi connectivity index (χ0) is 18.5. The molecule has 0 aliphatic rings. The minimum atomic E-state index is -1.52. The molecule has 0 N–H and O–H groups in total. The van der Waals surface area contributed by atoms with Gasteiger partial charge in [-0.2, -0.15) is 0 Å². The van der Waals surface area contributed by atoms with Crippen LogP contribution >= 0.6 is 0 Å². The van der Waals surface area contributed by atoms with Crippen LogP contribution in [0.25, 0.3) is 21.8 Å². The second-order valence-electron chi connectivity index (χ2n) is 5.36. The number of carboxylic acid groups (broad SMARTS) is 2. The van der Waals surface area contributed by atoms with Gasteiger partial charge in [0.1, 0.15) is 0 Å². The Balaban J connectivity index is 0.000000190. The topological polar surface area (TPSA) is 106 Å². The average Bonchev–Trinajstić information content (AvgIpc) is 2.67. The number of aromatic carboxylic acids is 2. The molecule has 27 heavy (non-hydrogen) atoms. The number of carbonyl (C=O) groups excluding carboxylic acids is 2. The Labute approximate surface area is 168 Å². The summed E-state index contributed by atoms with van der Waals surface area (Å²) in [5, 5.41) is 22.8. The monoisotopic (exact) mass is 450 g/mol. The molecule has 0 radical (unpaired) electrons. The fourth-order valence-electron chi connectivity index (χ4n) is 2.38. The molecule has 0 spiro atoms. The van der Waals surface area contributed by atoms with Crippen LogP contribution in [0.3, 0.4) is 0 Å². The van der Waals surface area contributed by atoms with Gasteiger partial charge < -0.3 is 19.8 Å². The molecule has 0 saturated heterocycles. The Morgan fingerprint density at radius 2 is 1.07 bits per heavy atom. The normalized spacial score (nSPS) is 9.78. The molecule has 136 valence electrons. The number of carbonyl (C=O) groups is 2. The van der Waals surface area contributed by atoms with Gasteiger partial charge in [-0.1, -0.05) is 42.5 Å². The molecule has 4 rings (SSSR count). The number of carboxylic acids is 2. The molecule has 0 amide bonds. The zero-order valence-corrected chi connectivity index (χ0v) is 15.3. The maximum atomic E-state index is 10.2. The summed E-state index contributed by atoms with van der Waals surface area (Å²) in [6.45, 7) is 0. The third kappa shape index (κ3) is 4.94. The average molecular weight is 451 g/mol. The van der Waals surface area contributed by atoms with E-state index >= 15 is 0 Å². The van der Waals surface area contributed by atoms with Crippen LogP contribution < -0.4 is 10.2 Å². The smallest absolute Gasteiger partial charge is 0.543 e. The molecule has 0 aliphatic heterocycles. The largest absolute Gasteiger partial charge is 2.00 e. The first-order valence-electron chi connectivity index (χ1n) is 7.69. The van der Waals surface area contributed by atoms with Gasteiger partial charge >= 0.3 is 20.4 Å². The molecular formula is C20H12N2O4Pd. The van der Waals surface area contributed by atoms with Crippen molar-refractivity contribution in [2.24, 2.45) is 0 Å². The minimum absolute atomic E-state index is 0. The van der Waals surface area contributed by atoms with Crippen molar-refractivity contribution in [2.45, 2.75) is 0 Å². The molecule has 6 nitrogen and oxygen atoms in total. The Kier molecular flexibility index (Phi) is 6.72. The van der Waals surface area contributed by atoms with Crippen molar-refractivity contribution in [1.82, 2.24) is 9.97 Å². The van der Waals surface area contributed by atoms with Crippen LogP contribution in [0, 0.1) is 0 Å². The molecule has 4 aromatic rings. The Bertz CT molecular complexity index is 981. The van der Waals surface area contributed by atoms with Crippen molar-refractivity contribution < 1.29 is 40.2 Å². The second-order valence-corrected chi connectivity index (χ2v) is 5.36. The van der Waals surface area contributed by atoms with Gasteiger partial charge in [0.05, 0.1) is 34.4 Å². The summed E-state index contributed by atoms with van der Waals surface area (Å²) >= 11 is 0. The molecule has 2 heterocycles. The molecule has 0 fully saturated rings. The molecule has 0 unspecified atom stereocenters. The maximum absolute atomic E-state index is 10.2. The van der Waals surface area contributed by atoms with Gasteiger partial charge in [0.25, 0.3) is 0 Å². The van der Waals surface area contributed by atoms with Crippen LogP contribution in [0.1, 0.15) is 21.0 Å². The van der Waals surface area contributed by atoms with Crippen LogP contribution in [0.5, 0.6) is 0 Å². The number of hydrogen-bond acceptors (Lipinski definition) is 6. The predicted octanol–water partition coefficient (Wildman–Crippen LogP) is 1.19. The van der Waals surface area contributed by atoms with Gasteiger partial charge in [0, 0.05) is 10.8 Å². The van der Waals surface area contributed by atoms with Crippen LogP contribution in [0.4, 0.5) is 0 Å². The third-order valence-corrected chi connectivity index (χ3v) is 3.59. The van der Waals surface area contributed by atoms with Crippen molar-refractivity contribution in [3.63, 3.8) is 0 Å². The Morgan fingerprint density at radius 3 is 1.52 bits per heavy atom. The first kappa shape index (κ1) is 20.2. The van der Waals surface area contributed by atoms with Crippen molar-refractivity contribution in [3.05, 3.63) is 84.2 Å². The fourth-order valence-corrected chi connectivity index (χ4v) is 2.38. The van der Waals surface area contributed by atoms with Crippen LogP contribution in [0.2, 0.25) is 0 Å². The van der Waals surface area contributed by atoms with Crippen LogP contribution in [-0.2, 0) is 20.4 Å². The quantitative estimate of drug-likeness (QED) is 0.335. The van der Waals surface area contributed by atoms with E-state index in [1.165, 1.54) is 16.8 Å². The maximum Gasteiger partial charge on any atom is 2.00 e. The molecule has 7 heteroatoms. The van der Waals surface area contributed by atoms with E-state index in [0.29, 0.717) is 0 Å². The van der Waals surface area contributed by atoms with Crippen molar-refractivity contribution in [3.8, 4) is 0 Å². The van der Waals surface area contributed by atoms with Crippen LogP contribution in [-0.4, -0.2) is 21.9 Å². The summed E-state index contributed by atoms with van der Waals surface area (Å²) in [6, 6.07) is 22.1. The van der Waals surface area contributed by atoms with E-state index in [1.807, 2.05) is 36.4 Å². The molecule has 0 bridgehead atoms. The van der Waals surface area contributed by atoms with E-state index < -0.39 is 23.3 Å². The molecular weight excluding hydrogens is 439 g/mol. The van der Waals surface area contributed by atoms with E-state index in [-0.39, 0.29) is 20.4 Å². The zero-order valence-electron chi connectivity index (χ0n) is 13.8. The first-order chi connectivity index (χ1) is 12.5. The second kappa shape index (κ2) is 8.99. The Hall–Kier alpha value is -3.14. The number of benzene rings is 2. The van der Waals surface area contributed by atoms with Gasteiger partial charge in [-0.25, -0.2) is 9.97 Å². The molecule has 2 aromatic heterocycles. The molecule has 2 aromatic carbocycles. The van der Waals surface area contributed by atoms with E-state index in [4.69, 9.17) is 0 Å². The van der Waals surface area contributed by atoms with E-state index in [9.17, 15) is 19.8 Å². The fraction of sp³-hybridized carbons (Fsp3) is 0. The van der Waals surface area contributed by atoms with Crippen molar-refractivity contribution in [2.75, 3.05) is 0 Å². The standard InChI is InChI=1S/C13H9N.C7H5NO4.Pd/c1-3-7-12-10(5-1)9-11-6-2-4-8-13(11)14-12;9-6(10)4-2-1-3-5(8-4)7(11)12;/h1-9H;1-3H,(H,9,10)(H,11,12);/q;;+2/p-2. The van der Waals surface area contributed by atoms with E-state index in [0.717, 1.165) is 23.2 Å². The summed E-state index contributed by atoms with van der Waals surface area (Å²) < 4.78 is 0. The van der Waals surface area contributed by atoms with Crippen molar-refractivity contribution >= 4 is 33.7 Å². The number of para-hydroxylation sites is 2. The molecule has 0 aliphatic carbocycles. The van der Waals surface area contributed by atoms with Gasteiger partial charge in [0.2, 0.25) is 0 Å². The molecule has 0 atom stereocenters. The molecule has 0 saturated carbocycles. The third-order valence-electron chi connectivity index (χ3n) is 3.59. The van der Waals surface area contributed by atoms with Crippen molar-refractivity contribution in [1.29, 1.82) is 0 Å². The van der Waals surface area contributed by atoms with Gasteiger partial charge in [-0.05, 0) is 30.3 Å². The number of fused-ring (bicyclic) bond motifs is 2. The first-order valence-corrected chi connectivity index (χ1v) is 7.69. The summed E-state index contributed by atoms with van der Waals surface area (Å²) in [6.07, 6.45) is 0. The number of hydrogen-bond donors (Lipinski definition) is 0. The number of rotatable bonds is 2. The minimum Gasteiger partial charge on any atom is -0.543 e. The van der Waals surface area contributed by atoms with Crippen LogP contribution in [0.15, 0.2) is 72.8 Å². The Morgan fingerprint density at radius 1 is 0.630 bits per heavy atom. The summed E-state index contributed by atoms with van der Waals surface area (Å²) in [5.41, 5.74) is 1.28. The van der Waals surface area contributed by atoms with Gasteiger partial charge in [-0.3, -0.25) is 0 Å². The number of pyridine rings is 2. The number of nitrogens with zero attached hydrogens (tertiary/aromatic N) is 2. The predicted molar refractivity (Wildman–Crippen MR) is 92.1 cm³/mol. The van der Waals surface area contributed by atoms with E-state index in [1.54, 1.807) is 0 Å².